The lowest BCUT2D eigenvalue weighted by Gasteiger charge is -2.11. The molecule has 0 spiro atoms. The highest BCUT2D eigenvalue weighted by molar-refractivity contribution is 7.89. The summed E-state index contributed by atoms with van der Waals surface area (Å²) in [7, 11) is -3.59. The largest absolute Gasteiger partial charge is 0.343 e. The van der Waals surface area contributed by atoms with Crippen LogP contribution in [0.1, 0.15) is 24.2 Å². The molecule has 0 aliphatic carbocycles. The highest BCUT2D eigenvalue weighted by Gasteiger charge is 2.15. The molecular formula is C18H20ClN3O4S. The molecule has 0 atom stereocenters. The van der Waals surface area contributed by atoms with Crippen LogP contribution in [0.15, 0.2) is 53.4 Å². The zero-order valence-corrected chi connectivity index (χ0v) is 16.4. The summed E-state index contributed by atoms with van der Waals surface area (Å²) in [5.41, 5.74) is 0.767. The van der Waals surface area contributed by atoms with Crippen LogP contribution in [0.4, 0.5) is 5.69 Å². The Morgan fingerprint density at radius 3 is 2.33 bits per heavy atom. The number of carbonyl (C=O) groups excluding carboxylic acids is 2. The fraction of sp³-hybridized carbons (Fsp3) is 0.222. The average molecular weight is 410 g/mol. The predicted molar refractivity (Wildman–Crippen MR) is 104 cm³/mol. The monoisotopic (exact) mass is 409 g/mol. The Bertz CT molecular complexity index is 928. The fourth-order valence-electron chi connectivity index (χ4n) is 2.19. The molecule has 2 rings (SSSR count). The third-order valence-corrected chi connectivity index (χ3v) is 5.25. The van der Waals surface area contributed by atoms with E-state index in [1.165, 1.54) is 30.3 Å². The van der Waals surface area contributed by atoms with Gasteiger partial charge in [0.1, 0.15) is 0 Å². The van der Waals surface area contributed by atoms with Gasteiger partial charge in [0.25, 0.3) is 5.91 Å². The maximum atomic E-state index is 12.1. The molecule has 3 N–H and O–H groups in total. The number of anilines is 1. The van der Waals surface area contributed by atoms with Crippen LogP contribution in [0.5, 0.6) is 0 Å². The van der Waals surface area contributed by atoms with E-state index in [2.05, 4.69) is 15.4 Å². The number of amides is 2. The molecule has 0 bridgehead atoms. The smallest absolute Gasteiger partial charge is 0.251 e. The van der Waals surface area contributed by atoms with E-state index in [-0.39, 0.29) is 17.5 Å². The van der Waals surface area contributed by atoms with E-state index >= 15 is 0 Å². The Labute approximate surface area is 163 Å². The lowest BCUT2D eigenvalue weighted by atomic mass is 10.2. The predicted octanol–water partition coefficient (Wildman–Crippen LogP) is 2.40. The van der Waals surface area contributed by atoms with Crippen molar-refractivity contribution in [3.8, 4) is 0 Å². The zero-order valence-electron chi connectivity index (χ0n) is 14.8. The van der Waals surface area contributed by atoms with E-state index in [9.17, 15) is 18.0 Å². The van der Waals surface area contributed by atoms with Crippen molar-refractivity contribution >= 4 is 39.1 Å². The van der Waals surface area contributed by atoms with Gasteiger partial charge in [-0.25, -0.2) is 13.1 Å². The first-order chi connectivity index (χ1) is 12.7. The molecule has 7 nitrogen and oxygen atoms in total. The van der Waals surface area contributed by atoms with E-state index in [4.69, 9.17) is 11.6 Å². The molecule has 27 heavy (non-hydrogen) atoms. The van der Waals surface area contributed by atoms with E-state index in [0.717, 1.165) is 0 Å². The van der Waals surface area contributed by atoms with Crippen LogP contribution in [0.3, 0.4) is 0 Å². The molecule has 144 valence electrons. The maximum Gasteiger partial charge on any atom is 0.251 e. The summed E-state index contributed by atoms with van der Waals surface area (Å²) in [4.78, 5) is 24.0. The van der Waals surface area contributed by atoms with Crippen LogP contribution < -0.4 is 15.4 Å². The number of nitrogens with one attached hydrogen (secondary N) is 3. The second-order valence-electron chi connectivity index (χ2n) is 6.04. The van der Waals surface area contributed by atoms with Crippen LogP contribution >= 0.6 is 11.6 Å². The third kappa shape index (κ3) is 6.35. The lowest BCUT2D eigenvalue weighted by Crippen LogP contribution is -2.32. The summed E-state index contributed by atoms with van der Waals surface area (Å²) in [6.45, 7) is 3.22. The fourth-order valence-corrected chi connectivity index (χ4v) is 3.63. The number of benzene rings is 2. The minimum Gasteiger partial charge on any atom is -0.343 e. The van der Waals surface area contributed by atoms with Crippen LogP contribution in [-0.2, 0) is 14.8 Å². The Balaban J connectivity index is 1.91. The van der Waals surface area contributed by atoms with Gasteiger partial charge in [-0.15, -0.1) is 0 Å². The van der Waals surface area contributed by atoms with Gasteiger partial charge < -0.3 is 10.6 Å². The molecule has 2 aromatic carbocycles. The Morgan fingerprint density at radius 1 is 1.07 bits per heavy atom. The number of rotatable bonds is 7. The second kappa shape index (κ2) is 8.98. The number of halogens is 1. The van der Waals surface area contributed by atoms with Crippen molar-refractivity contribution in [2.75, 3.05) is 11.9 Å². The first kappa shape index (κ1) is 20.9. The quantitative estimate of drug-likeness (QED) is 0.653. The SMILES string of the molecule is CC(C)NS(=O)(=O)c1ccc(NC(=O)CNC(=O)c2cccc(Cl)c2)cc1. The van der Waals surface area contributed by atoms with Crippen LogP contribution in [-0.4, -0.2) is 32.8 Å². The molecule has 0 saturated carbocycles. The minimum atomic E-state index is -3.59. The highest BCUT2D eigenvalue weighted by atomic mass is 35.5. The minimum absolute atomic E-state index is 0.100. The van der Waals surface area contributed by atoms with Gasteiger partial charge in [0, 0.05) is 22.3 Å². The van der Waals surface area contributed by atoms with E-state index in [1.54, 1.807) is 32.0 Å². The number of sulfonamides is 1. The first-order valence-electron chi connectivity index (χ1n) is 8.13. The molecule has 0 radical (unpaired) electrons. The molecule has 0 aliphatic rings. The summed E-state index contributed by atoms with van der Waals surface area (Å²) in [5.74, 6) is -0.866. The molecule has 0 saturated heterocycles. The molecule has 9 heteroatoms. The summed E-state index contributed by atoms with van der Waals surface area (Å²) in [6, 6.07) is 11.9. The van der Waals surface area contributed by atoms with Crippen molar-refractivity contribution < 1.29 is 18.0 Å². The van der Waals surface area contributed by atoms with Crippen molar-refractivity contribution in [1.29, 1.82) is 0 Å². The van der Waals surface area contributed by atoms with Gasteiger partial charge in [-0.3, -0.25) is 9.59 Å². The van der Waals surface area contributed by atoms with Crippen molar-refractivity contribution in [1.82, 2.24) is 10.0 Å². The van der Waals surface area contributed by atoms with E-state index in [1.807, 2.05) is 0 Å². The van der Waals surface area contributed by atoms with Gasteiger partial charge in [0.15, 0.2) is 0 Å². The van der Waals surface area contributed by atoms with Gasteiger partial charge in [0.2, 0.25) is 15.9 Å². The summed E-state index contributed by atoms with van der Waals surface area (Å²) in [5, 5.41) is 5.50. The first-order valence-corrected chi connectivity index (χ1v) is 9.99. The number of hydrogen-bond acceptors (Lipinski definition) is 4. The van der Waals surface area contributed by atoms with Gasteiger partial charge in [-0.2, -0.15) is 0 Å². The summed E-state index contributed by atoms with van der Waals surface area (Å²) < 4.78 is 26.6. The number of carbonyl (C=O) groups is 2. The van der Waals surface area contributed by atoms with Crippen molar-refractivity contribution in [2.24, 2.45) is 0 Å². The van der Waals surface area contributed by atoms with Crippen molar-refractivity contribution in [2.45, 2.75) is 24.8 Å². The Kier molecular flexibility index (Phi) is 6.95. The van der Waals surface area contributed by atoms with Gasteiger partial charge in [-0.1, -0.05) is 17.7 Å². The van der Waals surface area contributed by atoms with Gasteiger partial charge in [-0.05, 0) is 56.3 Å². The zero-order chi connectivity index (χ0) is 20.0. The summed E-state index contributed by atoms with van der Waals surface area (Å²) >= 11 is 5.82. The topological polar surface area (TPSA) is 104 Å². The van der Waals surface area contributed by atoms with Gasteiger partial charge in [0.05, 0.1) is 11.4 Å². The third-order valence-electron chi connectivity index (χ3n) is 3.34. The molecule has 0 unspecified atom stereocenters. The highest BCUT2D eigenvalue weighted by Crippen LogP contribution is 2.14. The molecule has 0 aliphatic heterocycles. The second-order valence-corrected chi connectivity index (χ2v) is 8.19. The van der Waals surface area contributed by atoms with E-state index < -0.39 is 21.8 Å². The molecule has 0 heterocycles. The molecule has 0 fully saturated rings. The van der Waals surface area contributed by atoms with Gasteiger partial charge >= 0.3 is 0 Å². The Morgan fingerprint density at radius 2 is 1.74 bits per heavy atom. The standard InChI is InChI=1S/C18H20ClN3O4S/c1-12(2)22-27(25,26)16-8-6-15(7-9-16)21-17(23)11-20-18(24)13-4-3-5-14(19)10-13/h3-10,12,22H,11H2,1-2H3,(H,20,24)(H,21,23). The van der Waals surface area contributed by atoms with Crippen LogP contribution in [0.25, 0.3) is 0 Å². The maximum absolute atomic E-state index is 12.1. The molecular weight excluding hydrogens is 390 g/mol. The van der Waals surface area contributed by atoms with Crippen molar-refractivity contribution in [3.05, 3.63) is 59.1 Å². The number of hydrogen-bond donors (Lipinski definition) is 3. The molecule has 2 amide bonds. The van der Waals surface area contributed by atoms with Crippen LogP contribution in [0, 0.1) is 0 Å². The van der Waals surface area contributed by atoms with Crippen molar-refractivity contribution in [3.63, 3.8) is 0 Å². The van der Waals surface area contributed by atoms with E-state index in [0.29, 0.717) is 16.3 Å². The average Bonchev–Trinajstić information content (AvgIpc) is 2.59. The molecule has 0 aromatic heterocycles. The molecule has 2 aromatic rings. The van der Waals surface area contributed by atoms with Crippen LogP contribution in [0.2, 0.25) is 5.02 Å². The summed E-state index contributed by atoms with van der Waals surface area (Å²) in [6.07, 6.45) is 0. The Hall–Kier alpha value is -2.42. The normalized spacial score (nSPS) is 11.3. The lowest BCUT2D eigenvalue weighted by molar-refractivity contribution is -0.115.